The molecule has 0 radical (unpaired) electrons. The Kier molecular flexibility index (Phi) is 4.34. The molecule has 2 amide bonds. The van der Waals surface area contributed by atoms with Crippen LogP contribution in [0.3, 0.4) is 0 Å². The van der Waals surface area contributed by atoms with Gasteiger partial charge in [-0.15, -0.1) is 0 Å². The Hall–Kier alpha value is -2.50. The van der Waals surface area contributed by atoms with Crippen LogP contribution < -0.4 is 5.32 Å². The molecule has 1 unspecified atom stereocenters. The molecule has 1 N–H and O–H groups in total. The van der Waals surface area contributed by atoms with Crippen molar-refractivity contribution >= 4 is 11.8 Å². The van der Waals surface area contributed by atoms with E-state index >= 15 is 0 Å². The van der Waals surface area contributed by atoms with E-state index in [4.69, 9.17) is 4.42 Å². The van der Waals surface area contributed by atoms with Crippen molar-refractivity contribution in [1.29, 1.82) is 0 Å². The van der Waals surface area contributed by atoms with Gasteiger partial charge in [-0.25, -0.2) is 0 Å². The van der Waals surface area contributed by atoms with Gasteiger partial charge in [-0.1, -0.05) is 0 Å². The predicted molar refractivity (Wildman–Crippen MR) is 96.8 cm³/mol. The Bertz CT molecular complexity index is 818. The first-order chi connectivity index (χ1) is 12.6. The Morgan fingerprint density at radius 3 is 2.77 bits per heavy atom. The molecule has 2 fully saturated rings. The Balaban J connectivity index is 1.48. The van der Waals surface area contributed by atoms with Gasteiger partial charge in [0, 0.05) is 24.0 Å². The van der Waals surface area contributed by atoms with Crippen LogP contribution in [0.5, 0.6) is 0 Å². The number of nitrogens with zero attached hydrogens (tertiary/aromatic N) is 2. The van der Waals surface area contributed by atoms with Gasteiger partial charge in [-0.05, 0) is 57.7 Å². The summed E-state index contributed by atoms with van der Waals surface area (Å²) in [7, 11) is 0. The lowest BCUT2D eigenvalue weighted by atomic mass is 10.1. The molecule has 1 saturated heterocycles. The Morgan fingerprint density at radius 1 is 1.27 bits per heavy atom. The van der Waals surface area contributed by atoms with Crippen molar-refractivity contribution < 1.29 is 14.0 Å². The number of aromatic nitrogens is 1. The summed E-state index contributed by atoms with van der Waals surface area (Å²) in [5.74, 6) is 0.575. The van der Waals surface area contributed by atoms with Crippen molar-refractivity contribution in [1.82, 2.24) is 14.8 Å². The largest absolute Gasteiger partial charge is 0.467 e. The van der Waals surface area contributed by atoms with Crippen LogP contribution in [0.15, 0.2) is 28.9 Å². The minimum Gasteiger partial charge on any atom is -0.467 e. The van der Waals surface area contributed by atoms with E-state index in [1.54, 1.807) is 17.2 Å². The number of rotatable bonds is 5. The van der Waals surface area contributed by atoms with Crippen molar-refractivity contribution in [2.45, 2.75) is 58.2 Å². The molecule has 1 saturated carbocycles. The molecule has 4 rings (SSSR count). The first-order valence-corrected chi connectivity index (χ1v) is 9.35. The highest BCUT2D eigenvalue weighted by atomic mass is 16.3. The topological polar surface area (TPSA) is 67.5 Å². The van der Waals surface area contributed by atoms with Gasteiger partial charge in [-0.3, -0.25) is 9.59 Å². The van der Waals surface area contributed by atoms with Gasteiger partial charge in [0.25, 0.3) is 5.91 Å². The molecule has 0 aromatic carbocycles. The highest BCUT2D eigenvalue weighted by Crippen LogP contribution is 2.38. The summed E-state index contributed by atoms with van der Waals surface area (Å²) in [5, 5.41) is 2.89. The van der Waals surface area contributed by atoms with Crippen LogP contribution in [-0.4, -0.2) is 33.9 Å². The number of carbonyl (C=O) groups excluding carboxylic acids is 2. The van der Waals surface area contributed by atoms with Crippen molar-refractivity contribution in [2.75, 3.05) is 6.54 Å². The Morgan fingerprint density at radius 2 is 2.08 bits per heavy atom. The maximum Gasteiger partial charge on any atom is 0.256 e. The van der Waals surface area contributed by atoms with E-state index in [0.717, 1.165) is 23.4 Å². The summed E-state index contributed by atoms with van der Waals surface area (Å²) in [6.45, 7) is 5.05. The van der Waals surface area contributed by atoms with Gasteiger partial charge in [-0.2, -0.15) is 0 Å². The quantitative estimate of drug-likeness (QED) is 0.897. The van der Waals surface area contributed by atoms with Crippen molar-refractivity contribution in [3.8, 4) is 0 Å². The third-order valence-corrected chi connectivity index (χ3v) is 5.46. The standard InChI is InChI=1S/C20H25N3O3/c1-13-11-17(14(2)23(13)15-7-8-15)20(25)22-9-3-6-18(22)19(24)21-12-16-5-4-10-26-16/h4-5,10-11,15,18H,3,6-9,12H2,1-2H3,(H,21,24). The van der Waals surface area contributed by atoms with E-state index in [9.17, 15) is 9.59 Å². The second-order valence-corrected chi connectivity index (χ2v) is 7.34. The molecule has 6 heteroatoms. The number of aryl methyl sites for hydroxylation is 1. The number of hydrogen-bond donors (Lipinski definition) is 1. The Labute approximate surface area is 153 Å². The summed E-state index contributed by atoms with van der Waals surface area (Å²) in [5.41, 5.74) is 2.89. The summed E-state index contributed by atoms with van der Waals surface area (Å²) in [6.07, 6.45) is 5.52. The molecule has 2 aliphatic rings. The van der Waals surface area contributed by atoms with E-state index in [1.165, 1.54) is 12.8 Å². The molecule has 2 aromatic heterocycles. The molecule has 2 aromatic rings. The minimum atomic E-state index is -0.401. The second-order valence-electron chi connectivity index (χ2n) is 7.34. The molecule has 3 heterocycles. The van der Waals surface area contributed by atoms with E-state index in [-0.39, 0.29) is 11.8 Å². The minimum absolute atomic E-state index is 0.0272. The summed E-state index contributed by atoms with van der Waals surface area (Å²) in [4.78, 5) is 27.5. The molecule has 0 spiro atoms. The number of amides is 2. The number of likely N-dealkylation sites (tertiary alicyclic amines) is 1. The smallest absolute Gasteiger partial charge is 0.256 e. The molecule has 1 aliphatic heterocycles. The van der Waals surface area contributed by atoms with E-state index in [1.807, 2.05) is 19.1 Å². The first kappa shape index (κ1) is 16.9. The van der Waals surface area contributed by atoms with Crippen LogP contribution >= 0.6 is 0 Å². The van der Waals surface area contributed by atoms with Crippen LogP contribution in [0.1, 0.15) is 59.2 Å². The fraction of sp³-hybridized carbons (Fsp3) is 0.500. The van der Waals surface area contributed by atoms with Gasteiger partial charge in [0.1, 0.15) is 11.8 Å². The number of hydrogen-bond acceptors (Lipinski definition) is 3. The second kappa shape index (κ2) is 6.67. The maximum atomic E-state index is 13.1. The first-order valence-electron chi connectivity index (χ1n) is 9.35. The summed E-state index contributed by atoms with van der Waals surface area (Å²) < 4.78 is 7.53. The SMILES string of the molecule is Cc1cc(C(=O)N2CCCC2C(=O)NCc2ccco2)c(C)n1C1CC1. The lowest BCUT2D eigenvalue weighted by Gasteiger charge is -2.24. The van der Waals surface area contributed by atoms with Crippen molar-refractivity contribution in [3.63, 3.8) is 0 Å². The normalized spacial score (nSPS) is 19.8. The zero-order valence-corrected chi connectivity index (χ0v) is 15.3. The molecule has 1 aliphatic carbocycles. The number of carbonyl (C=O) groups is 2. The predicted octanol–water partition coefficient (Wildman–Crippen LogP) is 2.95. The lowest BCUT2D eigenvalue weighted by molar-refractivity contribution is -0.125. The van der Waals surface area contributed by atoms with Gasteiger partial charge < -0.3 is 19.2 Å². The van der Waals surface area contributed by atoms with Gasteiger partial charge in [0.05, 0.1) is 18.4 Å². The van der Waals surface area contributed by atoms with Crippen molar-refractivity contribution in [3.05, 3.63) is 47.2 Å². The average Bonchev–Trinajstić information content (AvgIpc) is 3.04. The van der Waals surface area contributed by atoms with Crippen LogP contribution in [-0.2, 0) is 11.3 Å². The summed E-state index contributed by atoms with van der Waals surface area (Å²) >= 11 is 0. The van der Waals surface area contributed by atoms with Crippen LogP contribution in [0.4, 0.5) is 0 Å². The zero-order valence-electron chi connectivity index (χ0n) is 15.3. The molecular weight excluding hydrogens is 330 g/mol. The highest BCUT2D eigenvalue weighted by molar-refractivity contribution is 5.99. The van der Waals surface area contributed by atoms with E-state index in [0.29, 0.717) is 31.3 Å². The van der Waals surface area contributed by atoms with Crippen LogP contribution in [0.25, 0.3) is 0 Å². The van der Waals surface area contributed by atoms with E-state index in [2.05, 4.69) is 16.8 Å². The van der Waals surface area contributed by atoms with Gasteiger partial charge in [0.15, 0.2) is 0 Å². The van der Waals surface area contributed by atoms with E-state index < -0.39 is 6.04 Å². The van der Waals surface area contributed by atoms with Gasteiger partial charge >= 0.3 is 0 Å². The third-order valence-electron chi connectivity index (χ3n) is 5.46. The average molecular weight is 355 g/mol. The zero-order chi connectivity index (χ0) is 18.3. The maximum absolute atomic E-state index is 13.1. The van der Waals surface area contributed by atoms with Crippen LogP contribution in [0, 0.1) is 13.8 Å². The molecule has 138 valence electrons. The number of nitrogens with one attached hydrogen (secondary N) is 1. The monoisotopic (exact) mass is 355 g/mol. The fourth-order valence-electron chi connectivity index (χ4n) is 4.03. The fourth-order valence-corrected chi connectivity index (χ4v) is 4.03. The molecular formula is C20H25N3O3. The highest BCUT2D eigenvalue weighted by Gasteiger charge is 2.36. The molecule has 0 bridgehead atoms. The molecule has 1 atom stereocenters. The molecule has 26 heavy (non-hydrogen) atoms. The van der Waals surface area contributed by atoms with Crippen LogP contribution in [0.2, 0.25) is 0 Å². The van der Waals surface area contributed by atoms with Gasteiger partial charge in [0.2, 0.25) is 5.91 Å². The lowest BCUT2D eigenvalue weighted by Crippen LogP contribution is -2.45. The summed E-state index contributed by atoms with van der Waals surface area (Å²) in [6, 6.07) is 5.74. The third kappa shape index (κ3) is 3.04. The molecule has 6 nitrogen and oxygen atoms in total. The number of furan rings is 1. The van der Waals surface area contributed by atoms with Crippen molar-refractivity contribution in [2.24, 2.45) is 0 Å².